The van der Waals surface area contributed by atoms with Crippen molar-refractivity contribution in [2.75, 3.05) is 7.11 Å². The Balaban J connectivity index is 2.54. The average molecular weight is 244 g/mol. The topological polar surface area (TPSA) is 48.1 Å². The van der Waals surface area contributed by atoms with Crippen LogP contribution in [0.4, 0.5) is 0 Å². The molecule has 1 heterocycles. The summed E-state index contributed by atoms with van der Waals surface area (Å²) in [6, 6.07) is 9.89. The molecule has 3 nitrogen and oxygen atoms in total. The molecule has 0 saturated carbocycles. The van der Waals surface area contributed by atoms with Crippen molar-refractivity contribution >= 4 is 10.9 Å². The Morgan fingerprint density at radius 3 is 2.78 bits per heavy atom. The van der Waals surface area contributed by atoms with E-state index >= 15 is 0 Å². The summed E-state index contributed by atoms with van der Waals surface area (Å²) in [4.78, 5) is 4.36. The third kappa shape index (κ3) is 2.11. The van der Waals surface area contributed by atoms with Crippen LogP contribution < -0.4 is 5.73 Å². The van der Waals surface area contributed by atoms with E-state index < -0.39 is 0 Å². The summed E-state index contributed by atoms with van der Waals surface area (Å²) in [5.74, 6) is 0. The van der Waals surface area contributed by atoms with Crippen LogP contribution in [0, 0.1) is 0 Å². The van der Waals surface area contributed by atoms with Gasteiger partial charge in [-0.2, -0.15) is 0 Å². The molecule has 2 rings (SSSR count). The number of fused-ring (bicyclic) bond motifs is 1. The minimum atomic E-state index is -0.357. The lowest BCUT2D eigenvalue weighted by atomic mass is 9.86. The number of nitrogens with zero attached hydrogens (tertiary/aromatic N) is 1. The van der Waals surface area contributed by atoms with Crippen LogP contribution in [0.25, 0.3) is 10.9 Å². The van der Waals surface area contributed by atoms with E-state index in [1.807, 2.05) is 25.1 Å². The fourth-order valence-corrected chi connectivity index (χ4v) is 2.22. The van der Waals surface area contributed by atoms with Gasteiger partial charge in [0.2, 0.25) is 0 Å². The predicted molar refractivity (Wildman–Crippen MR) is 74.4 cm³/mol. The monoisotopic (exact) mass is 244 g/mol. The van der Waals surface area contributed by atoms with Gasteiger partial charge >= 0.3 is 0 Å². The van der Waals surface area contributed by atoms with Crippen LogP contribution in [0.15, 0.2) is 36.5 Å². The fourth-order valence-electron chi connectivity index (χ4n) is 2.22. The molecule has 2 unspecified atom stereocenters. The van der Waals surface area contributed by atoms with Crippen molar-refractivity contribution in [2.45, 2.75) is 31.9 Å². The van der Waals surface area contributed by atoms with E-state index in [1.165, 1.54) is 0 Å². The number of hydrogen-bond acceptors (Lipinski definition) is 3. The Kier molecular flexibility index (Phi) is 3.64. The van der Waals surface area contributed by atoms with Gasteiger partial charge in [0.25, 0.3) is 0 Å². The molecule has 0 bridgehead atoms. The van der Waals surface area contributed by atoms with Crippen molar-refractivity contribution in [3.05, 3.63) is 42.1 Å². The van der Waals surface area contributed by atoms with Crippen LogP contribution in [-0.2, 0) is 4.74 Å². The second-order valence-corrected chi connectivity index (χ2v) is 4.77. The highest BCUT2D eigenvalue weighted by Gasteiger charge is 2.31. The first-order chi connectivity index (χ1) is 8.62. The lowest BCUT2D eigenvalue weighted by molar-refractivity contribution is -0.0191. The van der Waals surface area contributed by atoms with Crippen molar-refractivity contribution in [1.29, 1.82) is 0 Å². The van der Waals surface area contributed by atoms with E-state index in [0.29, 0.717) is 0 Å². The molecule has 0 spiro atoms. The van der Waals surface area contributed by atoms with Gasteiger partial charge in [-0.05, 0) is 31.0 Å². The normalized spacial score (nSPS) is 16.4. The van der Waals surface area contributed by atoms with E-state index in [4.69, 9.17) is 10.5 Å². The number of pyridine rings is 1. The zero-order chi connectivity index (χ0) is 13.2. The number of aromatic nitrogens is 1. The van der Waals surface area contributed by atoms with Crippen molar-refractivity contribution in [2.24, 2.45) is 5.73 Å². The summed E-state index contributed by atoms with van der Waals surface area (Å²) in [5, 5.41) is 1.10. The van der Waals surface area contributed by atoms with Crippen molar-refractivity contribution in [3.8, 4) is 0 Å². The third-order valence-corrected chi connectivity index (χ3v) is 3.84. The van der Waals surface area contributed by atoms with Crippen molar-refractivity contribution < 1.29 is 4.74 Å². The van der Waals surface area contributed by atoms with Gasteiger partial charge in [0.1, 0.15) is 0 Å². The second-order valence-electron chi connectivity index (χ2n) is 4.77. The molecule has 0 saturated heterocycles. The molecule has 18 heavy (non-hydrogen) atoms. The van der Waals surface area contributed by atoms with Gasteiger partial charge in [0.05, 0.1) is 17.2 Å². The van der Waals surface area contributed by atoms with Crippen molar-refractivity contribution in [1.82, 2.24) is 4.98 Å². The summed E-state index contributed by atoms with van der Waals surface area (Å²) >= 11 is 0. The molecule has 1 aromatic heterocycles. The van der Waals surface area contributed by atoms with Gasteiger partial charge < -0.3 is 10.5 Å². The first-order valence-electron chi connectivity index (χ1n) is 6.26. The number of benzene rings is 1. The lowest BCUT2D eigenvalue weighted by Gasteiger charge is -2.34. The first kappa shape index (κ1) is 13.0. The SMILES string of the molecule is CCC(C)(OC)C(N)c1cccc2ncccc12. The molecule has 1 aromatic carbocycles. The smallest absolute Gasteiger partial charge is 0.0840 e. The minimum Gasteiger partial charge on any atom is -0.377 e. The molecule has 0 amide bonds. The first-order valence-corrected chi connectivity index (χ1v) is 6.26. The summed E-state index contributed by atoms with van der Waals surface area (Å²) in [6.45, 7) is 4.14. The van der Waals surface area contributed by atoms with E-state index in [1.54, 1.807) is 13.3 Å². The summed E-state index contributed by atoms with van der Waals surface area (Å²) < 4.78 is 5.61. The average Bonchev–Trinajstić information content (AvgIpc) is 2.45. The lowest BCUT2D eigenvalue weighted by Crippen LogP contribution is -2.39. The summed E-state index contributed by atoms with van der Waals surface area (Å²) in [6.07, 6.45) is 2.66. The molecular formula is C15H20N2O. The highest BCUT2D eigenvalue weighted by Crippen LogP contribution is 2.32. The zero-order valence-corrected chi connectivity index (χ0v) is 11.2. The molecule has 0 aliphatic carbocycles. The van der Waals surface area contributed by atoms with E-state index in [-0.39, 0.29) is 11.6 Å². The predicted octanol–water partition coefficient (Wildman–Crippen LogP) is 3.05. The van der Waals surface area contributed by atoms with Crippen LogP contribution in [0.2, 0.25) is 0 Å². The van der Waals surface area contributed by atoms with Crippen LogP contribution in [0.5, 0.6) is 0 Å². The molecule has 3 heteroatoms. The third-order valence-electron chi connectivity index (χ3n) is 3.84. The summed E-state index contributed by atoms with van der Waals surface area (Å²) in [5.41, 5.74) is 8.11. The molecule has 96 valence electrons. The van der Waals surface area contributed by atoms with Gasteiger partial charge in [-0.1, -0.05) is 25.1 Å². The minimum absolute atomic E-state index is 0.166. The molecular weight excluding hydrogens is 224 g/mol. The van der Waals surface area contributed by atoms with Crippen LogP contribution >= 0.6 is 0 Å². The second kappa shape index (κ2) is 5.04. The summed E-state index contributed by atoms with van der Waals surface area (Å²) in [7, 11) is 1.72. The molecule has 0 radical (unpaired) electrons. The number of hydrogen-bond donors (Lipinski definition) is 1. The largest absolute Gasteiger partial charge is 0.377 e. The Morgan fingerprint density at radius 1 is 1.33 bits per heavy atom. The van der Waals surface area contributed by atoms with Crippen LogP contribution in [0.1, 0.15) is 31.9 Å². The fraction of sp³-hybridized carbons (Fsp3) is 0.400. The number of ether oxygens (including phenoxy) is 1. The Morgan fingerprint density at radius 2 is 2.11 bits per heavy atom. The van der Waals surface area contributed by atoms with E-state index in [2.05, 4.69) is 24.0 Å². The van der Waals surface area contributed by atoms with Gasteiger partial charge in [0.15, 0.2) is 0 Å². The maximum absolute atomic E-state index is 6.41. The standard InChI is InChI=1S/C15H20N2O/c1-4-15(2,18-3)14(16)12-7-5-9-13-11(12)8-6-10-17-13/h5-10,14H,4,16H2,1-3H3. The maximum Gasteiger partial charge on any atom is 0.0840 e. The highest BCUT2D eigenvalue weighted by molar-refractivity contribution is 5.82. The number of methoxy groups -OCH3 is 1. The number of rotatable bonds is 4. The molecule has 0 fully saturated rings. The Hall–Kier alpha value is -1.45. The highest BCUT2D eigenvalue weighted by atomic mass is 16.5. The molecule has 2 N–H and O–H groups in total. The molecule has 0 aliphatic rings. The quantitative estimate of drug-likeness (QED) is 0.899. The number of nitrogens with two attached hydrogens (primary N) is 1. The van der Waals surface area contributed by atoms with Crippen LogP contribution in [0.3, 0.4) is 0 Å². The molecule has 0 aliphatic heterocycles. The molecule has 2 aromatic rings. The Bertz CT molecular complexity index is 530. The van der Waals surface area contributed by atoms with Gasteiger partial charge in [-0.15, -0.1) is 0 Å². The Labute approximate surface area is 108 Å². The van der Waals surface area contributed by atoms with Gasteiger partial charge in [-0.3, -0.25) is 4.98 Å². The maximum atomic E-state index is 6.41. The van der Waals surface area contributed by atoms with Gasteiger partial charge in [0, 0.05) is 18.7 Å². The van der Waals surface area contributed by atoms with Crippen molar-refractivity contribution in [3.63, 3.8) is 0 Å². The zero-order valence-electron chi connectivity index (χ0n) is 11.2. The molecule has 2 atom stereocenters. The van der Waals surface area contributed by atoms with Gasteiger partial charge in [-0.25, -0.2) is 0 Å². The van der Waals surface area contributed by atoms with E-state index in [0.717, 1.165) is 22.9 Å². The van der Waals surface area contributed by atoms with Crippen LogP contribution in [-0.4, -0.2) is 17.7 Å². The van der Waals surface area contributed by atoms with E-state index in [9.17, 15) is 0 Å².